The molecule has 0 spiro atoms. The Morgan fingerprint density at radius 1 is 1.50 bits per heavy atom. The van der Waals surface area contributed by atoms with E-state index in [9.17, 15) is 9.18 Å². The van der Waals surface area contributed by atoms with Crippen LogP contribution in [0.5, 0.6) is 0 Å². The number of anilines is 1. The molecule has 6 heteroatoms. The van der Waals surface area contributed by atoms with Crippen LogP contribution in [0.1, 0.15) is 6.92 Å². The minimum Gasteiger partial charge on any atom is -0.326 e. The fourth-order valence-electron chi connectivity index (χ4n) is 1.32. The summed E-state index contributed by atoms with van der Waals surface area (Å²) in [5.74, 6) is -0.314. The number of hydrogen-bond acceptors (Lipinski definition) is 3. The molecule has 2 rings (SSSR count). The van der Waals surface area contributed by atoms with E-state index >= 15 is 0 Å². The van der Waals surface area contributed by atoms with Crippen molar-refractivity contribution < 1.29 is 9.18 Å². The van der Waals surface area contributed by atoms with Crippen molar-refractivity contribution in [2.45, 2.75) is 6.92 Å². The molecule has 0 atom stereocenters. The van der Waals surface area contributed by atoms with E-state index in [1.807, 2.05) is 0 Å². The second-order valence-corrected chi connectivity index (χ2v) is 3.21. The minimum atomic E-state index is -0.425. The minimum absolute atomic E-state index is 0.213. The molecule has 0 bridgehead atoms. The highest BCUT2D eigenvalue weighted by Crippen LogP contribution is 2.22. The van der Waals surface area contributed by atoms with Crippen molar-refractivity contribution in [1.29, 1.82) is 0 Å². The molecule has 0 aliphatic heterocycles. The van der Waals surface area contributed by atoms with Gasteiger partial charge in [0.2, 0.25) is 5.91 Å². The maximum absolute atomic E-state index is 13.5. The summed E-state index contributed by atoms with van der Waals surface area (Å²) in [5.41, 5.74) is 0.782. The SMILES string of the molecule is CC(=O)Nc1ccc(F)c(-c2ncn[nH]2)c1. The largest absolute Gasteiger partial charge is 0.326 e. The third kappa shape index (κ3) is 2.05. The van der Waals surface area contributed by atoms with Crippen LogP contribution < -0.4 is 5.32 Å². The van der Waals surface area contributed by atoms with Gasteiger partial charge in [-0.05, 0) is 18.2 Å². The van der Waals surface area contributed by atoms with Crippen LogP contribution >= 0.6 is 0 Å². The van der Waals surface area contributed by atoms with Gasteiger partial charge in [0.05, 0.1) is 5.56 Å². The van der Waals surface area contributed by atoms with Crippen molar-refractivity contribution in [2.24, 2.45) is 0 Å². The summed E-state index contributed by atoms with van der Waals surface area (Å²) in [6, 6.07) is 4.25. The van der Waals surface area contributed by atoms with Crippen LogP contribution in [0.25, 0.3) is 11.4 Å². The van der Waals surface area contributed by atoms with Gasteiger partial charge in [-0.2, -0.15) is 5.10 Å². The molecule has 0 aliphatic rings. The lowest BCUT2D eigenvalue weighted by Gasteiger charge is -2.04. The summed E-state index contributed by atoms with van der Waals surface area (Å²) in [6.45, 7) is 1.39. The number of benzene rings is 1. The van der Waals surface area contributed by atoms with E-state index in [-0.39, 0.29) is 11.5 Å². The van der Waals surface area contributed by atoms with Gasteiger partial charge in [0.15, 0.2) is 5.82 Å². The van der Waals surface area contributed by atoms with Crippen molar-refractivity contribution in [1.82, 2.24) is 15.2 Å². The van der Waals surface area contributed by atoms with Crippen LogP contribution in [0.15, 0.2) is 24.5 Å². The summed E-state index contributed by atoms with van der Waals surface area (Å²) in [5, 5.41) is 8.77. The monoisotopic (exact) mass is 220 g/mol. The van der Waals surface area contributed by atoms with E-state index in [0.717, 1.165) is 0 Å². The predicted molar refractivity (Wildman–Crippen MR) is 56.1 cm³/mol. The zero-order valence-corrected chi connectivity index (χ0v) is 8.49. The average Bonchev–Trinajstić information content (AvgIpc) is 2.73. The van der Waals surface area contributed by atoms with Crippen LogP contribution in [0, 0.1) is 5.82 Å². The quantitative estimate of drug-likeness (QED) is 0.806. The Kier molecular flexibility index (Phi) is 2.63. The Morgan fingerprint density at radius 3 is 2.94 bits per heavy atom. The molecular weight excluding hydrogens is 211 g/mol. The number of halogens is 1. The van der Waals surface area contributed by atoms with E-state index < -0.39 is 5.82 Å². The molecule has 1 aromatic carbocycles. The van der Waals surface area contributed by atoms with Crippen LogP contribution in [-0.4, -0.2) is 21.1 Å². The highest BCUT2D eigenvalue weighted by molar-refractivity contribution is 5.89. The number of carbonyl (C=O) groups is 1. The Bertz CT molecular complexity index is 510. The molecular formula is C10H9FN4O. The first-order valence-electron chi connectivity index (χ1n) is 4.59. The Labute approximate surface area is 90.7 Å². The number of aromatic nitrogens is 3. The Morgan fingerprint density at radius 2 is 2.31 bits per heavy atom. The second kappa shape index (κ2) is 4.09. The molecule has 0 unspecified atom stereocenters. The molecule has 0 fully saturated rings. The molecule has 5 nitrogen and oxygen atoms in total. The third-order valence-electron chi connectivity index (χ3n) is 1.96. The summed E-state index contributed by atoms with van der Waals surface area (Å²) in [4.78, 5) is 14.7. The fourth-order valence-corrected chi connectivity index (χ4v) is 1.32. The van der Waals surface area contributed by atoms with Crippen LogP contribution in [0.3, 0.4) is 0 Å². The molecule has 2 N–H and O–H groups in total. The number of nitrogens with one attached hydrogen (secondary N) is 2. The van der Waals surface area contributed by atoms with Crippen molar-refractivity contribution >= 4 is 11.6 Å². The molecule has 0 aliphatic carbocycles. The summed E-state index contributed by atoms with van der Waals surface area (Å²) in [6.07, 6.45) is 1.29. The maximum Gasteiger partial charge on any atom is 0.221 e. The standard InChI is InChI=1S/C10H9FN4O/c1-6(16)14-7-2-3-9(11)8(4-7)10-12-5-13-15-10/h2-5H,1H3,(H,14,16)(H,12,13,15). The summed E-state index contributed by atoms with van der Waals surface area (Å²) >= 11 is 0. The first-order valence-corrected chi connectivity index (χ1v) is 4.59. The maximum atomic E-state index is 13.5. The highest BCUT2D eigenvalue weighted by Gasteiger charge is 2.09. The molecule has 16 heavy (non-hydrogen) atoms. The van der Waals surface area contributed by atoms with Gasteiger partial charge in [-0.1, -0.05) is 0 Å². The zero-order chi connectivity index (χ0) is 11.5. The Balaban J connectivity index is 2.41. The molecule has 1 amide bonds. The topological polar surface area (TPSA) is 70.7 Å². The van der Waals surface area contributed by atoms with Crippen LogP contribution in [-0.2, 0) is 4.79 Å². The van der Waals surface area contributed by atoms with Gasteiger partial charge >= 0.3 is 0 Å². The fraction of sp³-hybridized carbons (Fsp3) is 0.100. The third-order valence-corrected chi connectivity index (χ3v) is 1.96. The lowest BCUT2D eigenvalue weighted by molar-refractivity contribution is -0.114. The van der Waals surface area contributed by atoms with Crippen molar-refractivity contribution in [3.05, 3.63) is 30.3 Å². The first kappa shape index (κ1) is 10.3. The summed E-state index contributed by atoms with van der Waals surface area (Å²) in [7, 11) is 0. The van der Waals surface area contributed by atoms with Gasteiger partial charge in [-0.15, -0.1) is 0 Å². The van der Waals surface area contributed by atoms with E-state index in [4.69, 9.17) is 0 Å². The molecule has 0 radical (unpaired) electrons. The number of hydrogen-bond donors (Lipinski definition) is 2. The summed E-state index contributed by atoms with van der Waals surface area (Å²) < 4.78 is 13.5. The molecule has 1 heterocycles. The number of aromatic amines is 1. The van der Waals surface area contributed by atoms with Gasteiger partial charge in [0.1, 0.15) is 12.1 Å². The van der Waals surface area contributed by atoms with Crippen molar-refractivity contribution in [3.8, 4) is 11.4 Å². The van der Waals surface area contributed by atoms with Crippen molar-refractivity contribution in [2.75, 3.05) is 5.32 Å². The number of rotatable bonds is 2. The molecule has 1 aromatic heterocycles. The van der Waals surface area contributed by atoms with Gasteiger partial charge in [-0.25, -0.2) is 9.37 Å². The smallest absolute Gasteiger partial charge is 0.221 e. The lowest BCUT2D eigenvalue weighted by Crippen LogP contribution is -2.06. The van der Waals surface area contributed by atoms with Crippen LogP contribution in [0.4, 0.5) is 10.1 Å². The number of amides is 1. The molecule has 2 aromatic rings. The molecule has 0 saturated carbocycles. The van der Waals surface area contributed by atoms with E-state index in [0.29, 0.717) is 11.5 Å². The average molecular weight is 220 g/mol. The van der Waals surface area contributed by atoms with Gasteiger partial charge in [0.25, 0.3) is 0 Å². The van der Waals surface area contributed by atoms with Crippen LogP contribution in [0.2, 0.25) is 0 Å². The Hall–Kier alpha value is -2.24. The molecule has 0 saturated heterocycles. The number of nitrogens with zero attached hydrogens (tertiary/aromatic N) is 2. The number of carbonyl (C=O) groups excluding carboxylic acids is 1. The van der Waals surface area contributed by atoms with Gasteiger partial charge < -0.3 is 5.32 Å². The van der Waals surface area contributed by atoms with E-state index in [2.05, 4.69) is 20.5 Å². The normalized spacial score (nSPS) is 10.1. The van der Waals surface area contributed by atoms with Gasteiger partial charge in [-0.3, -0.25) is 9.89 Å². The van der Waals surface area contributed by atoms with E-state index in [1.54, 1.807) is 0 Å². The lowest BCUT2D eigenvalue weighted by atomic mass is 10.1. The number of H-pyrrole nitrogens is 1. The second-order valence-electron chi connectivity index (χ2n) is 3.21. The zero-order valence-electron chi connectivity index (χ0n) is 8.49. The van der Waals surface area contributed by atoms with Gasteiger partial charge in [0, 0.05) is 12.6 Å². The van der Waals surface area contributed by atoms with E-state index in [1.165, 1.54) is 31.5 Å². The highest BCUT2D eigenvalue weighted by atomic mass is 19.1. The molecule has 82 valence electrons. The van der Waals surface area contributed by atoms with Crippen molar-refractivity contribution in [3.63, 3.8) is 0 Å². The first-order chi connectivity index (χ1) is 7.66. The predicted octanol–water partition coefficient (Wildman–Crippen LogP) is 1.57.